The summed E-state index contributed by atoms with van der Waals surface area (Å²) in [7, 11) is 0. The zero-order chi connectivity index (χ0) is 12.3. The molecule has 0 spiro atoms. The Hall–Kier alpha value is -2.07. The number of anilines is 1. The summed E-state index contributed by atoms with van der Waals surface area (Å²) in [5.74, 6) is -0.411. The lowest BCUT2D eigenvalue weighted by Crippen LogP contribution is -2.27. The Morgan fingerprint density at radius 2 is 1.94 bits per heavy atom. The summed E-state index contributed by atoms with van der Waals surface area (Å²) in [5.41, 5.74) is 0.794. The van der Waals surface area contributed by atoms with Crippen LogP contribution in [-0.2, 0) is 0 Å². The number of para-hydroxylation sites is 1. The van der Waals surface area contributed by atoms with Crippen molar-refractivity contribution in [1.82, 2.24) is 0 Å². The van der Waals surface area contributed by atoms with Crippen molar-refractivity contribution in [3.63, 3.8) is 0 Å². The van der Waals surface area contributed by atoms with Crippen LogP contribution in [0.2, 0.25) is 5.02 Å². The molecule has 0 fully saturated rings. The highest BCUT2D eigenvalue weighted by Crippen LogP contribution is 2.15. The molecule has 5 heteroatoms. The van der Waals surface area contributed by atoms with Gasteiger partial charge in [-0.1, -0.05) is 29.8 Å². The van der Waals surface area contributed by atoms with Gasteiger partial charge < -0.3 is 10.5 Å². The molecule has 1 aromatic carbocycles. The van der Waals surface area contributed by atoms with Crippen LogP contribution in [0.25, 0.3) is 0 Å². The van der Waals surface area contributed by atoms with Crippen molar-refractivity contribution >= 4 is 23.2 Å². The second kappa shape index (κ2) is 4.84. The van der Waals surface area contributed by atoms with E-state index in [2.05, 4.69) is 5.32 Å². The zero-order valence-corrected chi connectivity index (χ0v) is 9.52. The molecule has 0 unspecified atom stereocenters. The number of benzene rings is 1. The van der Waals surface area contributed by atoms with Crippen LogP contribution in [0.4, 0.5) is 5.69 Å². The van der Waals surface area contributed by atoms with Crippen LogP contribution in [0.5, 0.6) is 0 Å². The van der Waals surface area contributed by atoms with Crippen LogP contribution in [0.3, 0.4) is 0 Å². The number of nitrogens with one attached hydrogen (secondary N) is 1. The molecular formula is C12H9ClN2O2. The minimum absolute atomic E-state index is 0.146. The number of hydrogen-bond donors (Lipinski definition) is 1. The van der Waals surface area contributed by atoms with E-state index in [1.807, 2.05) is 6.07 Å². The van der Waals surface area contributed by atoms with E-state index in [0.717, 1.165) is 6.20 Å². The second-order valence-corrected chi connectivity index (χ2v) is 3.79. The molecule has 86 valence electrons. The molecule has 0 aliphatic rings. The van der Waals surface area contributed by atoms with Gasteiger partial charge in [0.05, 0.1) is 5.02 Å². The first-order chi connectivity index (χ1) is 8.16. The van der Waals surface area contributed by atoms with Crippen LogP contribution in [0, 0.1) is 5.21 Å². The van der Waals surface area contributed by atoms with Gasteiger partial charge in [0, 0.05) is 11.8 Å². The monoisotopic (exact) mass is 248 g/mol. The molecule has 1 amide bonds. The van der Waals surface area contributed by atoms with Gasteiger partial charge in [0.25, 0.3) is 5.91 Å². The zero-order valence-electron chi connectivity index (χ0n) is 8.76. The quantitative estimate of drug-likeness (QED) is 0.655. The molecular weight excluding hydrogens is 240 g/mol. The third-order valence-corrected chi connectivity index (χ3v) is 2.49. The highest BCUT2D eigenvalue weighted by atomic mass is 35.5. The fourth-order valence-corrected chi connectivity index (χ4v) is 1.54. The molecule has 0 aliphatic carbocycles. The molecule has 0 saturated heterocycles. The van der Waals surface area contributed by atoms with Crippen LogP contribution in [0.15, 0.2) is 48.8 Å². The van der Waals surface area contributed by atoms with Crippen molar-refractivity contribution in [3.05, 3.63) is 64.6 Å². The smallest absolute Gasteiger partial charge is 0.263 e. The van der Waals surface area contributed by atoms with Crippen molar-refractivity contribution < 1.29 is 9.52 Å². The van der Waals surface area contributed by atoms with E-state index in [0.29, 0.717) is 10.4 Å². The minimum atomic E-state index is -0.411. The van der Waals surface area contributed by atoms with Gasteiger partial charge in [-0.05, 0) is 12.1 Å². The maximum Gasteiger partial charge on any atom is 0.263 e. The number of amides is 1. The Morgan fingerprint density at radius 3 is 2.65 bits per heavy atom. The summed E-state index contributed by atoms with van der Waals surface area (Å²) in [6.45, 7) is 0. The normalized spacial score (nSPS) is 9.94. The number of rotatable bonds is 2. The van der Waals surface area contributed by atoms with Crippen molar-refractivity contribution in [1.29, 1.82) is 0 Å². The van der Waals surface area contributed by atoms with Crippen LogP contribution >= 0.6 is 11.6 Å². The summed E-state index contributed by atoms with van der Waals surface area (Å²) in [6, 6.07) is 10.3. The van der Waals surface area contributed by atoms with E-state index in [9.17, 15) is 10.0 Å². The molecule has 1 N–H and O–H groups in total. The Kier molecular flexibility index (Phi) is 3.25. The van der Waals surface area contributed by atoms with Gasteiger partial charge in [-0.15, -0.1) is 0 Å². The van der Waals surface area contributed by atoms with Gasteiger partial charge in [0.1, 0.15) is 5.56 Å². The van der Waals surface area contributed by atoms with Gasteiger partial charge in [-0.25, -0.2) is 0 Å². The van der Waals surface area contributed by atoms with Crippen LogP contribution < -0.4 is 10.0 Å². The van der Waals surface area contributed by atoms with Crippen molar-refractivity contribution in [3.8, 4) is 0 Å². The minimum Gasteiger partial charge on any atom is -0.619 e. The number of halogens is 1. The number of nitrogens with zero attached hydrogens (tertiary/aromatic N) is 1. The molecule has 17 heavy (non-hydrogen) atoms. The highest BCUT2D eigenvalue weighted by Gasteiger charge is 2.13. The average Bonchev–Trinajstić information content (AvgIpc) is 2.33. The topological polar surface area (TPSA) is 56.0 Å². The van der Waals surface area contributed by atoms with E-state index in [1.165, 1.54) is 12.3 Å². The summed E-state index contributed by atoms with van der Waals surface area (Å²) >= 11 is 5.84. The molecule has 2 rings (SSSR count). The van der Waals surface area contributed by atoms with Gasteiger partial charge >= 0.3 is 0 Å². The molecule has 0 saturated carbocycles. The summed E-state index contributed by atoms with van der Waals surface area (Å²) in [4.78, 5) is 11.8. The fraction of sp³-hybridized carbons (Fsp3) is 0. The van der Waals surface area contributed by atoms with E-state index >= 15 is 0 Å². The van der Waals surface area contributed by atoms with Crippen molar-refractivity contribution in [2.75, 3.05) is 5.32 Å². The van der Waals surface area contributed by atoms with Crippen molar-refractivity contribution in [2.45, 2.75) is 0 Å². The fourth-order valence-electron chi connectivity index (χ4n) is 1.35. The van der Waals surface area contributed by atoms with Crippen LogP contribution in [-0.4, -0.2) is 5.91 Å². The second-order valence-electron chi connectivity index (χ2n) is 3.39. The Bertz CT molecular complexity index is 543. The molecule has 0 aliphatic heterocycles. The predicted octanol–water partition coefficient (Wildman–Crippen LogP) is 2.23. The molecule has 4 nitrogen and oxygen atoms in total. The first-order valence-electron chi connectivity index (χ1n) is 4.91. The molecule has 0 bridgehead atoms. The van der Waals surface area contributed by atoms with E-state index in [1.54, 1.807) is 24.3 Å². The molecule has 1 aromatic heterocycles. The Morgan fingerprint density at radius 1 is 1.24 bits per heavy atom. The molecule has 2 aromatic rings. The Balaban J connectivity index is 2.23. The third kappa shape index (κ3) is 2.73. The predicted molar refractivity (Wildman–Crippen MR) is 64.8 cm³/mol. The van der Waals surface area contributed by atoms with Gasteiger partial charge in [0.15, 0.2) is 12.4 Å². The number of pyridine rings is 1. The van der Waals surface area contributed by atoms with Gasteiger partial charge in [0.2, 0.25) is 0 Å². The average molecular weight is 249 g/mol. The molecule has 0 atom stereocenters. The lowest BCUT2D eigenvalue weighted by molar-refractivity contribution is -0.605. The maximum absolute atomic E-state index is 11.8. The molecule has 1 heterocycles. The van der Waals surface area contributed by atoms with Gasteiger partial charge in [-0.3, -0.25) is 4.79 Å². The first kappa shape index (κ1) is 11.4. The van der Waals surface area contributed by atoms with Crippen molar-refractivity contribution in [2.24, 2.45) is 0 Å². The Labute approximate surface area is 103 Å². The maximum atomic E-state index is 11.8. The SMILES string of the molecule is O=C(Nc1ccccc1)c1c[n+]([O-])ccc1Cl. The molecule has 0 radical (unpaired) electrons. The number of carbonyl (C=O) groups excluding carboxylic acids is 1. The summed E-state index contributed by atoms with van der Waals surface area (Å²) < 4.78 is 0.534. The third-order valence-electron chi connectivity index (χ3n) is 2.16. The number of aromatic nitrogens is 1. The highest BCUT2D eigenvalue weighted by molar-refractivity contribution is 6.34. The summed E-state index contributed by atoms with van der Waals surface area (Å²) in [6.07, 6.45) is 2.38. The standard InChI is InChI=1S/C12H9ClN2O2/c13-11-6-7-15(17)8-10(11)12(16)14-9-4-2-1-3-5-9/h1-8H,(H,14,16). The number of carbonyl (C=O) groups is 1. The largest absolute Gasteiger partial charge is 0.619 e. The lowest BCUT2D eigenvalue weighted by atomic mass is 10.2. The van der Waals surface area contributed by atoms with E-state index in [-0.39, 0.29) is 10.6 Å². The summed E-state index contributed by atoms with van der Waals surface area (Å²) in [5, 5.41) is 14.0. The first-order valence-corrected chi connectivity index (χ1v) is 5.29. The number of hydrogen-bond acceptors (Lipinski definition) is 2. The van der Waals surface area contributed by atoms with Gasteiger partial charge in [-0.2, -0.15) is 4.73 Å². The van der Waals surface area contributed by atoms with E-state index < -0.39 is 5.91 Å². The van der Waals surface area contributed by atoms with Crippen LogP contribution in [0.1, 0.15) is 10.4 Å². The lowest BCUT2D eigenvalue weighted by Gasteiger charge is -2.05. The van der Waals surface area contributed by atoms with E-state index in [4.69, 9.17) is 11.6 Å².